The van der Waals surface area contributed by atoms with Crippen molar-refractivity contribution in [2.75, 3.05) is 0 Å². The van der Waals surface area contributed by atoms with Crippen molar-refractivity contribution < 1.29 is 18.0 Å². The van der Waals surface area contributed by atoms with E-state index in [-0.39, 0.29) is 0 Å². The van der Waals surface area contributed by atoms with E-state index < -0.39 is 24.3 Å². The van der Waals surface area contributed by atoms with Gasteiger partial charge < -0.3 is 0 Å². The van der Waals surface area contributed by atoms with Crippen molar-refractivity contribution in [1.82, 2.24) is 0 Å². The van der Waals surface area contributed by atoms with Gasteiger partial charge in [-0.25, -0.2) is 0 Å². The first-order valence-electron chi connectivity index (χ1n) is 6.17. The third-order valence-corrected chi connectivity index (χ3v) is 3.66. The fourth-order valence-corrected chi connectivity index (χ4v) is 2.34. The molecule has 21 heavy (non-hydrogen) atoms. The Morgan fingerprint density at radius 1 is 1.14 bits per heavy atom. The predicted octanol–water partition coefficient (Wildman–Crippen LogP) is 4.55. The Morgan fingerprint density at radius 2 is 1.86 bits per heavy atom. The Kier molecular flexibility index (Phi) is 4.81. The van der Waals surface area contributed by atoms with Gasteiger partial charge in [-0.1, -0.05) is 36.1 Å². The molecule has 1 atom stereocenters. The second-order valence-electron chi connectivity index (χ2n) is 4.33. The molecule has 0 unspecified atom stereocenters. The number of halogens is 3. The zero-order chi connectivity index (χ0) is 15.3. The molecule has 0 aliphatic heterocycles. The van der Waals surface area contributed by atoms with E-state index in [0.717, 1.165) is 11.3 Å². The zero-order valence-electron chi connectivity index (χ0n) is 10.9. The molecule has 1 heterocycles. The van der Waals surface area contributed by atoms with Gasteiger partial charge in [0.1, 0.15) is 5.92 Å². The Bertz CT molecular complexity index is 648. The number of Topliss-reactive ketones (excluding diaryl/α,β-unsaturated/α-hetero) is 1. The van der Waals surface area contributed by atoms with Gasteiger partial charge in [-0.3, -0.25) is 4.79 Å². The molecule has 1 aromatic heterocycles. The minimum absolute atomic E-state index is 0.325. The zero-order valence-corrected chi connectivity index (χ0v) is 11.7. The number of ketones is 1. The van der Waals surface area contributed by atoms with Crippen molar-refractivity contribution >= 4 is 17.1 Å². The number of hydrogen-bond acceptors (Lipinski definition) is 2. The molecule has 2 rings (SSSR count). The van der Waals surface area contributed by atoms with Crippen LogP contribution < -0.4 is 0 Å². The fourth-order valence-electron chi connectivity index (χ4n) is 1.66. The molecule has 0 amide bonds. The fraction of sp³-hybridized carbons (Fsp3) is 0.188. The molecule has 0 aliphatic carbocycles. The summed E-state index contributed by atoms with van der Waals surface area (Å²) in [4.78, 5) is 12.1. The molecule has 0 radical (unpaired) electrons. The summed E-state index contributed by atoms with van der Waals surface area (Å²) >= 11 is 1.13. The van der Waals surface area contributed by atoms with Crippen LogP contribution in [0.5, 0.6) is 0 Å². The lowest BCUT2D eigenvalue weighted by molar-refractivity contribution is -0.157. The third-order valence-electron chi connectivity index (χ3n) is 2.75. The lowest BCUT2D eigenvalue weighted by Crippen LogP contribution is -2.24. The van der Waals surface area contributed by atoms with E-state index in [1.807, 2.05) is 0 Å². The summed E-state index contributed by atoms with van der Waals surface area (Å²) in [6.07, 6.45) is -5.17. The van der Waals surface area contributed by atoms with Crippen molar-refractivity contribution in [3.05, 3.63) is 58.3 Å². The molecule has 0 spiro atoms. The summed E-state index contributed by atoms with van der Waals surface area (Å²) in [7, 11) is 0. The minimum Gasteiger partial charge on any atom is -0.293 e. The second-order valence-corrected chi connectivity index (χ2v) is 5.28. The SMILES string of the molecule is O=C(C[C@@H](C#Cc1ccccc1)C(F)(F)F)c1cccs1. The monoisotopic (exact) mass is 308 g/mol. The lowest BCUT2D eigenvalue weighted by atomic mass is 10.0. The van der Waals surface area contributed by atoms with Gasteiger partial charge in [0.25, 0.3) is 0 Å². The van der Waals surface area contributed by atoms with Crippen molar-refractivity contribution in [3.8, 4) is 11.8 Å². The Labute approximate surface area is 124 Å². The van der Waals surface area contributed by atoms with Gasteiger partial charge in [0.05, 0.1) is 4.88 Å². The summed E-state index contributed by atoms with van der Waals surface area (Å²) in [5.41, 5.74) is 0.496. The van der Waals surface area contributed by atoms with Crippen molar-refractivity contribution in [2.24, 2.45) is 5.92 Å². The maximum Gasteiger partial charge on any atom is 0.402 e. The molecule has 0 N–H and O–H groups in total. The van der Waals surface area contributed by atoms with Crippen LogP contribution >= 0.6 is 11.3 Å². The van der Waals surface area contributed by atoms with E-state index in [9.17, 15) is 18.0 Å². The van der Waals surface area contributed by atoms with E-state index in [2.05, 4.69) is 11.8 Å². The Balaban J connectivity index is 2.17. The first-order chi connectivity index (χ1) is 9.97. The van der Waals surface area contributed by atoms with Crippen LogP contribution in [0.3, 0.4) is 0 Å². The summed E-state index contributed by atoms with van der Waals surface area (Å²) in [5, 5.41) is 1.66. The maximum atomic E-state index is 13.0. The highest BCUT2D eigenvalue weighted by molar-refractivity contribution is 7.12. The molecule has 2 aromatic rings. The molecule has 0 aliphatic rings. The molecule has 0 saturated heterocycles. The third kappa shape index (κ3) is 4.47. The normalized spacial score (nSPS) is 12.3. The highest BCUT2D eigenvalue weighted by Gasteiger charge is 2.40. The van der Waals surface area contributed by atoms with Gasteiger partial charge in [0.15, 0.2) is 5.78 Å². The second kappa shape index (κ2) is 6.59. The molecule has 0 saturated carbocycles. The summed E-state index contributed by atoms with van der Waals surface area (Å²) in [6, 6.07) is 11.6. The maximum absolute atomic E-state index is 13.0. The van der Waals surface area contributed by atoms with Crippen LogP contribution in [0.2, 0.25) is 0 Å². The van der Waals surface area contributed by atoms with E-state index in [4.69, 9.17) is 0 Å². The number of rotatable bonds is 3. The average molecular weight is 308 g/mol. The van der Waals surface area contributed by atoms with Crippen molar-refractivity contribution in [1.29, 1.82) is 0 Å². The van der Waals surface area contributed by atoms with Gasteiger partial charge in [-0.15, -0.1) is 11.3 Å². The van der Waals surface area contributed by atoms with Crippen LogP contribution in [0.1, 0.15) is 21.7 Å². The molecule has 1 aromatic carbocycles. The molecule has 1 nitrogen and oxygen atoms in total. The van der Waals surface area contributed by atoms with Gasteiger partial charge in [-0.2, -0.15) is 13.2 Å². The highest BCUT2D eigenvalue weighted by atomic mass is 32.1. The van der Waals surface area contributed by atoms with Crippen LogP contribution in [-0.4, -0.2) is 12.0 Å². The van der Waals surface area contributed by atoms with Crippen LogP contribution in [-0.2, 0) is 0 Å². The van der Waals surface area contributed by atoms with Crippen LogP contribution in [0, 0.1) is 17.8 Å². The lowest BCUT2D eigenvalue weighted by Gasteiger charge is -2.13. The topological polar surface area (TPSA) is 17.1 Å². The number of hydrogen-bond donors (Lipinski definition) is 0. The van der Waals surface area contributed by atoms with Gasteiger partial charge in [0.2, 0.25) is 0 Å². The summed E-state index contributed by atoms with van der Waals surface area (Å²) in [5.74, 6) is 2.18. The summed E-state index contributed by atoms with van der Waals surface area (Å²) in [6.45, 7) is 0. The van der Waals surface area contributed by atoms with Gasteiger partial charge in [-0.05, 0) is 23.6 Å². The van der Waals surface area contributed by atoms with Crippen molar-refractivity contribution in [3.63, 3.8) is 0 Å². The van der Waals surface area contributed by atoms with Crippen molar-refractivity contribution in [2.45, 2.75) is 12.6 Å². The molecular weight excluding hydrogens is 297 g/mol. The largest absolute Gasteiger partial charge is 0.402 e. The molecule has 0 bridgehead atoms. The predicted molar refractivity (Wildman–Crippen MR) is 76.1 cm³/mol. The number of benzene rings is 1. The number of alkyl halides is 3. The first-order valence-corrected chi connectivity index (χ1v) is 7.05. The number of carbonyl (C=O) groups is 1. The average Bonchev–Trinajstić information content (AvgIpc) is 2.97. The Hall–Kier alpha value is -2.06. The smallest absolute Gasteiger partial charge is 0.293 e. The molecule has 108 valence electrons. The Morgan fingerprint density at radius 3 is 2.43 bits per heavy atom. The highest BCUT2D eigenvalue weighted by Crippen LogP contribution is 2.30. The standard InChI is InChI=1S/C16H11F3OS/c17-16(18,19)13(9-8-12-5-2-1-3-6-12)11-14(20)15-7-4-10-21-15/h1-7,10,13H,11H2/t13-/m1/s1. The number of carbonyl (C=O) groups excluding carboxylic acids is 1. The van der Waals surface area contributed by atoms with Crippen LogP contribution in [0.15, 0.2) is 47.8 Å². The molecule has 5 heteroatoms. The van der Waals surface area contributed by atoms with E-state index >= 15 is 0 Å². The van der Waals surface area contributed by atoms with Gasteiger partial charge in [0, 0.05) is 12.0 Å². The van der Waals surface area contributed by atoms with E-state index in [1.54, 1.807) is 41.8 Å². The molecule has 0 fully saturated rings. The van der Waals surface area contributed by atoms with E-state index in [0.29, 0.717) is 10.4 Å². The number of thiophene rings is 1. The van der Waals surface area contributed by atoms with Crippen LogP contribution in [0.25, 0.3) is 0 Å². The van der Waals surface area contributed by atoms with E-state index in [1.165, 1.54) is 6.07 Å². The van der Waals surface area contributed by atoms with Crippen LogP contribution in [0.4, 0.5) is 13.2 Å². The first kappa shape index (κ1) is 15.3. The quantitative estimate of drug-likeness (QED) is 0.600. The molecular formula is C16H11F3OS. The summed E-state index contributed by atoms with van der Waals surface area (Å²) < 4.78 is 38.9. The van der Waals surface area contributed by atoms with Gasteiger partial charge >= 0.3 is 6.18 Å². The minimum atomic E-state index is -4.52.